The van der Waals surface area contributed by atoms with Crippen LogP contribution in [0, 0.1) is 0 Å². The standard InChI is InChI=1S/C14H18N2O6/c1-3-15-12(18)7-16-13(19)8-22-14(20)10-5-4-9(21-2)6-11(10)17/h4-6,17H,3,7-8H2,1-2H3,(H,15,18)(H,16,19). The van der Waals surface area contributed by atoms with Gasteiger partial charge in [0.2, 0.25) is 5.91 Å². The van der Waals surface area contributed by atoms with Crippen molar-refractivity contribution in [2.45, 2.75) is 6.92 Å². The lowest BCUT2D eigenvalue weighted by atomic mass is 10.2. The molecule has 8 heteroatoms. The number of esters is 1. The summed E-state index contributed by atoms with van der Waals surface area (Å²) in [7, 11) is 1.42. The number of ether oxygens (including phenoxy) is 2. The van der Waals surface area contributed by atoms with E-state index in [0.717, 1.165) is 0 Å². The maximum atomic E-state index is 11.7. The third-order valence-electron chi connectivity index (χ3n) is 2.58. The summed E-state index contributed by atoms with van der Waals surface area (Å²) in [5.41, 5.74) is -0.0858. The van der Waals surface area contributed by atoms with Gasteiger partial charge in [-0.15, -0.1) is 0 Å². The van der Waals surface area contributed by atoms with Crippen LogP contribution >= 0.6 is 0 Å². The van der Waals surface area contributed by atoms with Crippen LogP contribution in [0.4, 0.5) is 0 Å². The highest BCUT2D eigenvalue weighted by molar-refractivity contribution is 5.94. The van der Waals surface area contributed by atoms with Crippen LogP contribution in [0.25, 0.3) is 0 Å². The van der Waals surface area contributed by atoms with Crippen molar-refractivity contribution in [3.63, 3.8) is 0 Å². The van der Waals surface area contributed by atoms with E-state index in [1.54, 1.807) is 6.92 Å². The normalized spacial score (nSPS) is 9.73. The van der Waals surface area contributed by atoms with E-state index in [1.165, 1.54) is 25.3 Å². The Labute approximate surface area is 127 Å². The van der Waals surface area contributed by atoms with Crippen molar-refractivity contribution in [1.29, 1.82) is 0 Å². The highest BCUT2D eigenvalue weighted by Gasteiger charge is 2.15. The molecular weight excluding hydrogens is 292 g/mol. The Bertz CT molecular complexity index is 558. The van der Waals surface area contributed by atoms with E-state index in [1.807, 2.05) is 0 Å². The molecule has 0 aliphatic heterocycles. The minimum atomic E-state index is -0.853. The van der Waals surface area contributed by atoms with Gasteiger partial charge >= 0.3 is 5.97 Å². The Morgan fingerprint density at radius 3 is 2.50 bits per heavy atom. The molecular formula is C14H18N2O6. The molecule has 22 heavy (non-hydrogen) atoms. The zero-order valence-corrected chi connectivity index (χ0v) is 12.3. The van der Waals surface area contributed by atoms with Crippen LogP contribution in [-0.2, 0) is 14.3 Å². The Morgan fingerprint density at radius 1 is 1.18 bits per heavy atom. The van der Waals surface area contributed by atoms with Crippen LogP contribution in [0.2, 0.25) is 0 Å². The van der Waals surface area contributed by atoms with Crippen molar-refractivity contribution in [2.24, 2.45) is 0 Å². The van der Waals surface area contributed by atoms with E-state index < -0.39 is 18.5 Å². The predicted octanol–water partition coefficient (Wildman–Crippen LogP) is -0.190. The zero-order valence-electron chi connectivity index (χ0n) is 12.3. The maximum absolute atomic E-state index is 11.7. The zero-order chi connectivity index (χ0) is 16.5. The number of nitrogens with one attached hydrogen (secondary N) is 2. The van der Waals surface area contributed by atoms with Gasteiger partial charge in [-0.3, -0.25) is 9.59 Å². The molecule has 0 fully saturated rings. The van der Waals surface area contributed by atoms with E-state index in [2.05, 4.69) is 10.6 Å². The molecule has 0 spiro atoms. The van der Waals surface area contributed by atoms with Gasteiger partial charge in [0.25, 0.3) is 5.91 Å². The van der Waals surface area contributed by atoms with Crippen LogP contribution in [0.3, 0.4) is 0 Å². The van der Waals surface area contributed by atoms with E-state index in [9.17, 15) is 19.5 Å². The Morgan fingerprint density at radius 2 is 1.91 bits per heavy atom. The number of methoxy groups -OCH3 is 1. The molecule has 0 aromatic heterocycles. The molecule has 0 unspecified atom stereocenters. The number of phenols is 1. The number of likely N-dealkylation sites (N-methyl/N-ethyl adjacent to an activating group) is 1. The van der Waals surface area contributed by atoms with Crippen LogP contribution in [-0.4, -0.2) is 49.7 Å². The first-order valence-corrected chi connectivity index (χ1v) is 6.55. The summed E-state index contributed by atoms with van der Waals surface area (Å²) in [5, 5.41) is 14.5. The second-order valence-electron chi connectivity index (χ2n) is 4.19. The molecule has 1 aromatic rings. The third kappa shape index (κ3) is 5.31. The predicted molar refractivity (Wildman–Crippen MR) is 76.6 cm³/mol. The highest BCUT2D eigenvalue weighted by Crippen LogP contribution is 2.23. The monoisotopic (exact) mass is 310 g/mol. The number of hydrogen-bond acceptors (Lipinski definition) is 6. The molecule has 3 N–H and O–H groups in total. The molecule has 0 saturated heterocycles. The number of carbonyl (C=O) groups excluding carboxylic acids is 3. The summed E-state index contributed by atoms with van der Waals surface area (Å²) in [6.07, 6.45) is 0. The lowest BCUT2D eigenvalue weighted by molar-refractivity contribution is -0.127. The molecule has 2 amide bonds. The molecule has 0 saturated carbocycles. The van der Waals surface area contributed by atoms with Crippen LogP contribution in [0.15, 0.2) is 18.2 Å². The SMILES string of the molecule is CCNC(=O)CNC(=O)COC(=O)c1ccc(OC)cc1O. The van der Waals surface area contributed by atoms with E-state index >= 15 is 0 Å². The molecule has 0 heterocycles. The molecule has 0 aliphatic rings. The summed E-state index contributed by atoms with van der Waals surface area (Å²) in [5.74, 6) is -1.74. The molecule has 0 bridgehead atoms. The minimum absolute atomic E-state index is 0.0858. The molecule has 0 aliphatic carbocycles. The van der Waals surface area contributed by atoms with Crippen LogP contribution < -0.4 is 15.4 Å². The number of hydrogen-bond donors (Lipinski definition) is 3. The third-order valence-corrected chi connectivity index (χ3v) is 2.58. The lowest BCUT2D eigenvalue weighted by Crippen LogP contribution is -2.38. The van der Waals surface area contributed by atoms with E-state index in [0.29, 0.717) is 12.3 Å². The fourth-order valence-electron chi connectivity index (χ4n) is 1.51. The van der Waals surface area contributed by atoms with Gasteiger partial charge in [0.1, 0.15) is 17.1 Å². The average Bonchev–Trinajstić information content (AvgIpc) is 2.50. The second kappa shape index (κ2) is 8.50. The second-order valence-corrected chi connectivity index (χ2v) is 4.19. The van der Waals surface area contributed by atoms with Gasteiger partial charge in [0, 0.05) is 12.6 Å². The molecule has 1 rings (SSSR count). The van der Waals surface area contributed by atoms with Crippen molar-refractivity contribution in [2.75, 3.05) is 26.8 Å². The van der Waals surface area contributed by atoms with Gasteiger partial charge in [-0.1, -0.05) is 0 Å². The topological polar surface area (TPSA) is 114 Å². The van der Waals surface area contributed by atoms with Crippen LogP contribution in [0.1, 0.15) is 17.3 Å². The van der Waals surface area contributed by atoms with Gasteiger partial charge in [0.05, 0.1) is 13.7 Å². The number of aromatic hydroxyl groups is 1. The van der Waals surface area contributed by atoms with Gasteiger partial charge < -0.3 is 25.2 Å². The Balaban J connectivity index is 2.45. The molecule has 1 aromatic carbocycles. The summed E-state index contributed by atoms with van der Waals surface area (Å²) in [4.78, 5) is 34.3. The summed E-state index contributed by atoms with van der Waals surface area (Å²) >= 11 is 0. The number of phenolic OH excluding ortho intramolecular Hbond substituents is 1. The fraction of sp³-hybridized carbons (Fsp3) is 0.357. The van der Waals surface area contributed by atoms with Crippen molar-refractivity contribution in [3.05, 3.63) is 23.8 Å². The number of benzene rings is 1. The first-order valence-electron chi connectivity index (χ1n) is 6.55. The summed E-state index contributed by atoms with van der Waals surface area (Å²) in [6, 6.07) is 4.06. The first kappa shape index (κ1) is 17.3. The lowest BCUT2D eigenvalue weighted by Gasteiger charge is -2.08. The van der Waals surface area contributed by atoms with Gasteiger partial charge in [-0.25, -0.2) is 4.79 Å². The van der Waals surface area contributed by atoms with Gasteiger partial charge in [0.15, 0.2) is 6.61 Å². The van der Waals surface area contributed by atoms with Crippen LogP contribution in [0.5, 0.6) is 11.5 Å². The minimum Gasteiger partial charge on any atom is -0.507 e. The van der Waals surface area contributed by atoms with Gasteiger partial charge in [-0.05, 0) is 19.1 Å². The summed E-state index contributed by atoms with van der Waals surface area (Å²) < 4.78 is 9.64. The maximum Gasteiger partial charge on any atom is 0.342 e. The summed E-state index contributed by atoms with van der Waals surface area (Å²) in [6.45, 7) is 1.46. The fourth-order valence-corrected chi connectivity index (χ4v) is 1.51. The number of amides is 2. The Hall–Kier alpha value is -2.77. The highest BCUT2D eigenvalue weighted by atomic mass is 16.5. The van der Waals surface area contributed by atoms with E-state index in [4.69, 9.17) is 9.47 Å². The van der Waals surface area contributed by atoms with Crippen molar-refractivity contribution >= 4 is 17.8 Å². The number of rotatable bonds is 7. The molecule has 8 nitrogen and oxygen atoms in total. The van der Waals surface area contributed by atoms with Crippen molar-refractivity contribution in [3.8, 4) is 11.5 Å². The largest absolute Gasteiger partial charge is 0.507 e. The quantitative estimate of drug-likeness (QED) is 0.602. The molecule has 120 valence electrons. The van der Waals surface area contributed by atoms with Gasteiger partial charge in [-0.2, -0.15) is 0 Å². The van der Waals surface area contributed by atoms with Crippen molar-refractivity contribution < 1.29 is 29.0 Å². The van der Waals surface area contributed by atoms with Crippen molar-refractivity contribution in [1.82, 2.24) is 10.6 Å². The van der Waals surface area contributed by atoms with E-state index in [-0.39, 0.29) is 23.8 Å². The molecule has 0 radical (unpaired) electrons. The number of carbonyl (C=O) groups is 3. The Kier molecular flexibility index (Phi) is 6.68. The molecule has 0 atom stereocenters. The first-order chi connectivity index (χ1) is 10.5. The smallest absolute Gasteiger partial charge is 0.342 e. The average molecular weight is 310 g/mol.